The van der Waals surface area contributed by atoms with Gasteiger partial charge in [-0.1, -0.05) is 23.2 Å². The van der Waals surface area contributed by atoms with Crippen molar-refractivity contribution in [1.29, 1.82) is 0 Å². The van der Waals surface area contributed by atoms with E-state index in [1.165, 1.54) is 19.1 Å². The highest BCUT2D eigenvalue weighted by molar-refractivity contribution is 6.40. The number of Topliss-reactive ketones (excluding diaryl/α,β-unsaturated/α-hetero) is 1. The zero-order valence-corrected chi connectivity index (χ0v) is 13.3. The molecule has 0 saturated heterocycles. The van der Waals surface area contributed by atoms with Gasteiger partial charge >= 0.3 is 11.9 Å². The van der Waals surface area contributed by atoms with Gasteiger partial charge in [0, 0.05) is 6.21 Å². The number of carboxylic acid groups (broad SMARTS) is 1. The Morgan fingerprint density at radius 2 is 2.00 bits per heavy atom. The minimum atomic E-state index is -1.31. The highest BCUT2D eigenvalue weighted by Gasteiger charge is 2.23. The average Bonchev–Trinajstić information content (AvgIpc) is 2.40. The molecule has 0 aromatic heterocycles. The Hall–Kier alpha value is -1.92. The van der Waals surface area contributed by atoms with Crippen LogP contribution in [0, 0.1) is 5.92 Å². The molecule has 1 aromatic rings. The van der Waals surface area contributed by atoms with Crippen molar-refractivity contribution in [3.05, 3.63) is 27.7 Å². The number of nitrogens with zero attached hydrogens (tertiary/aromatic N) is 1. The summed E-state index contributed by atoms with van der Waals surface area (Å²) in [5, 5.41) is 8.83. The third-order valence-corrected chi connectivity index (χ3v) is 3.32. The van der Waals surface area contributed by atoms with Gasteiger partial charge in [0.05, 0.1) is 27.9 Å². The molecule has 118 valence electrons. The molecule has 0 bridgehead atoms. The molecule has 22 heavy (non-hydrogen) atoms. The number of carbonyl (C=O) groups is 3. The van der Waals surface area contributed by atoms with Gasteiger partial charge in [0.2, 0.25) is 0 Å². The maximum Gasteiger partial charge on any atom is 0.338 e. The first-order chi connectivity index (χ1) is 10.3. The Bertz CT molecular complexity index is 642. The van der Waals surface area contributed by atoms with E-state index < -0.39 is 23.6 Å². The van der Waals surface area contributed by atoms with E-state index in [4.69, 9.17) is 33.0 Å². The monoisotopic (exact) mass is 345 g/mol. The number of ketones is 1. The fourth-order valence-corrected chi connectivity index (χ4v) is 2.14. The van der Waals surface area contributed by atoms with Gasteiger partial charge in [0.25, 0.3) is 0 Å². The summed E-state index contributed by atoms with van der Waals surface area (Å²) in [5.74, 6) is -3.67. The molecule has 0 fully saturated rings. The Balaban J connectivity index is 3.17. The summed E-state index contributed by atoms with van der Waals surface area (Å²) in [5.41, 5.74) is -0.215. The summed E-state index contributed by atoms with van der Waals surface area (Å²) in [6.07, 6.45) is 1.07. The first kappa shape index (κ1) is 18.1. The molecular formula is C14H13Cl2NO5. The van der Waals surface area contributed by atoms with Gasteiger partial charge in [0.15, 0.2) is 5.92 Å². The molecule has 0 aliphatic carbocycles. The van der Waals surface area contributed by atoms with Crippen molar-refractivity contribution in [1.82, 2.24) is 0 Å². The molecule has 1 rings (SSSR count). The number of esters is 1. The number of aliphatic imine (C=N–C) groups is 1. The second-order valence-corrected chi connectivity index (χ2v) is 4.96. The van der Waals surface area contributed by atoms with Crippen LogP contribution in [-0.4, -0.2) is 35.6 Å². The lowest BCUT2D eigenvalue weighted by Gasteiger charge is -2.08. The Labute approximate surface area is 136 Å². The predicted molar refractivity (Wildman–Crippen MR) is 82.4 cm³/mol. The van der Waals surface area contributed by atoms with Gasteiger partial charge in [0.1, 0.15) is 5.78 Å². The highest BCUT2D eigenvalue weighted by Crippen LogP contribution is 2.33. The highest BCUT2D eigenvalue weighted by atomic mass is 35.5. The molecule has 1 aromatic carbocycles. The van der Waals surface area contributed by atoms with Gasteiger partial charge in [-0.2, -0.15) is 0 Å². The van der Waals surface area contributed by atoms with Gasteiger partial charge in [-0.05, 0) is 26.0 Å². The number of hydrogen-bond donors (Lipinski definition) is 1. The summed E-state index contributed by atoms with van der Waals surface area (Å²) in [6, 6.07) is 2.70. The smallest absolute Gasteiger partial charge is 0.338 e. The molecular weight excluding hydrogens is 333 g/mol. The van der Waals surface area contributed by atoms with E-state index in [9.17, 15) is 14.4 Å². The van der Waals surface area contributed by atoms with Crippen LogP contribution in [0.3, 0.4) is 0 Å². The van der Waals surface area contributed by atoms with Crippen molar-refractivity contribution in [2.75, 3.05) is 6.61 Å². The number of carboxylic acids is 1. The van der Waals surface area contributed by atoms with Crippen LogP contribution in [-0.2, 0) is 14.3 Å². The normalized spacial score (nSPS) is 12.2. The van der Waals surface area contributed by atoms with Crippen LogP contribution in [0.1, 0.15) is 24.2 Å². The Morgan fingerprint density at radius 3 is 2.50 bits per heavy atom. The summed E-state index contributed by atoms with van der Waals surface area (Å²) in [7, 11) is 0. The predicted octanol–water partition coefficient (Wildman–Crippen LogP) is 3.16. The van der Waals surface area contributed by atoms with Crippen LogP contribution < -0.4 is 0 Å². The van der Waals surface area contributed by atoms with Gasteiger partial charge in [-0.15, -0.1) is 0 Å². The molecule has 6 nitrogen and oxygen atoms in total. The van der Waals surface area contributed by atoms with Crippen molar-refractivity contribution >= 4 is 52.8 Å². The SMILES string of the molecule is CCOC(=O)C(C=Nc1ccc(Cl)c(C(=O)O)c1Cl)C(C)=O. The van der Waals surface area contributed by atoms with Crippen LogP contribution in [0.5, 0.6) is 0 Å². The maximum atomic E-state index is 11.6. The van der Waals surface area contributed by atoms with Crippen molar-refractivity contribution in [2.45, 2.75) is 13.8 Å². The van der Waals surface area contributed by atoms with Crippen LogP contribution in [0.4, 0.5) is 5.69 Å². The van der Waals surface area contributed by atoms with Crippen molar-refractivity contribution in [3.63, 3.8) is 0 Å². The number of halogens is 2. The number of ether oxygens (including phenoxy) is 1. The molecule has 1 atom stereocenters. The third kappa shape index (κ3) is 4.29. The number of rotatable bonds is 6. The lowest BCUT2D eigenvalue weighted by Crippen LogP contribution is -2.25. The van der Waals surface area contributed by atoms with Gasteiger partial charge in [-0.3, -0.25) is 14.6 Å². The maximum absolute atomic E-state index is 11.6. The minimum absolute atomic E-state index is 0.0371. The molecule has 1 N–H and O–H groups in total. The lowest BCUT2D eigenvalue weighted by atomic mass is 10.1. The summed E-state index contributed by atoms with van der Waals surface area (Å²) in [4.78, 5) is 38.1. The van der Waals surface area contributed by atoms with Gasteiger partial charge < -0.3 is 9.84 Å². The molecule has 0 spiro atoms. The number of hydrogen-bond acceptors (Lipinski definition) is 5. The third-order valence-electron chi connectivity index (χ3n) is 2.63. The Morgan fingerprint density at radius 1 is 1.36 bits per heavy atom. The number of aromatic carboxylic acids is 1. The molecule has 0 saturated carbocycles. The van der Waals surface area contributed by atoms with E-state index in [0.717, 1.165) is 6.21 Å². The average molecular weight is 346 g/mol. The van der Waals surface area contributed by atoms with E-state index in [1.54, 1.807) is 6.92 Å². The van der Waals surface area contributed by atoms with Gasteiger partial charge in [-0.25, -0.2) is 4.79 Å². The van der Waals surface area contributed by atoms with Crippen LogP contribution >= 0.6 is 23.2 Å². The van der Waals surface area contributed by atoms with E-state index >= 15 is 0 Å². The van der Waals surface area contributed by atoms with Crippen molar-refractivity contribution < 1.29 is 24.2 Å². The van der Waals surface area contributed by atoms with Crippen molar-refractivity contribution in [3.8, 4) is 0 Å². The molecule has 0 aliphatic heterocycles. The topological polar surface area (TPSA) is 93.0 Å². The van der Waals surface area contributed by atoms with E-state index in [0.29, 0.717) is 0 Å². The summed E-state index contributed by atoms with van der Waals surface area (Å²) < 4.78 is 4.77. The first-order valence-electron chi connectivity index (χ1n) is 6.22. The Kier molecular flexibility index (Phi) is 6.52. The standard InChI is InChI=1S/C14H13Cl2NO5/c1-3-22-14(21)8(7(2)18)6-17-10-5-4-9(15)11(12(10)16)13(19)20/h4-6,8H,3H2,1-2H3,(H,19,20). The van der Waals surface area contributed by atoms with E-state index in [2.05, 4.69) is 4.99 Å². The number of carbonyl (C=O) groups excluding carboxylic acids is 2. The van der Waals surface area contributed by atoms with E-state index in [-0.39, 0.29) is 27.9 Å². The largest absolute Gasteiger partial charge is 0.478 e. The fraction of sp³-hybridized carbons (Fsp3) is 0.286. The number of benzene rings is 1. The molecule has 0 aliphatic rings. The van der Waals surface area contributed by atoms with Crippen molar-refractivity contribution in [2.24, 2.45) is 10.9 Å². The molecule has 0 amide bonds. The zero-order chi connectivity index (χ0) is 16.9. The fourth-order valence-electron chi connectivity index (χ4n) is 1.56. The summed E-state index contributed by atoms with van der Waals surface area (Å²) >= 11 is 11.7. The molecule has 1 unspecified atom stereocenters. The molecule has 8 heteroatoms. The minimum Gasteiger partial charge on any atom is -0.478 e. The second-order valence-electron chi connectivity index (χ2n) is 4.18. The summed E-state index contributed by atoms with van der Waals surface area (Å²) in [6.45, 7) is 2.96. The lowest BCUT2D eigenvalue weighted by molar-refractivity contribution is -0.148. The molecule has 0 heterocycles. The second kappa shape index (κ2) is 7.91. The van der Waals surface area contributed by atoms with Crippen LogP contribution in [0.2, 0.25) is 10.0 Å². The zero-order valence-electron chi connectivity index (χ0n) is 11.8. The molecule has 0 radical (unpaired) electrons. The first-order valence-corrected chi connectivity index (χ1v) is 6.97. The van der Waals surface area contributed by atoms with Crippen LogP contribution in [0.15, 0.2) is 17.1 Å². The van der Waals surface area contributed by atoms with Crippen LogP contribution in [0.25, 0.3) is 0 Å². The quantitative estimate of drug-likeness (QED) is 0.485. The van der Waals surface area contributed by atoms with E-state index in [1.807, 2.05) is 0 Å².